The Balaban J connectivity index is 2.16. The van der Waals surface area contributed by atoms with Crippen LogP contribution in [0.3, 0.4) is 0 Å². The second-order valence-electron chi connectivity index (χ2n) is 21.1. The van der Waals surface area contributed by atoms with Crippen molar-refractivity contribution in [1.29, 1.82) is 0 Å². The molecule has 0 aromatic carbocycles. The molecule has 0 spiro atoms. The predicted octanol–water partition coefficient (Wildman–Crippen LogP) is 15.1. The molecular weight excluding hydrogens is 875 g/mol. The Hall–Kier alpha value is -1.59. The lowest BCUT2D eigenvalue weighted by molar-refractivity contribution is -0.302. The summed E-state index contributed by atoms with van der Waals surface area (Å²) in [5, 5.41) is 54.5. The van der Waals surface area contributed by atoms with E-state index in [1.165, 1.54) is 205 Å². The van der Waals surface area contributed by atoms with E-state index in [4.69, 9.17) is 9.47 Å². The van der Waals surface area contributed by atoms with E-state index in [1.807, 2.05) is 6.08 Å². The molecule has 9 nitrogen and oxygen atoms in total. The Kier molecular flexibility index (Phi) is 48.3. The molecule has 0 aliphatic carbocycles. The van der Waals surface area contributed by atoms with Crippen LogP contribution in [0.2, 0.25) is 0 Å². The minimum Gasteiger partial charge on any atom is -0.394 e. The van der Waals surface area contributed by atoms with Crippen LogP contribution in [-0.2, 0) is 14.3 Å². The summed E-state index contributed by atoms with van der Waals surface area (Å²) in [6.07, 6.45) is 59.4. The molecule has 412 valence electrons. The van der Waals surface area contributed by atoms with Gasteiger partial charge in [0.2, 0.25) is 5.91 Å². The molecule has 1 aliphatic rings. The Morgan fingerprint density at radius 1 is 0.486 bits per heavy atom. The number of amides is 1. The zero-order valence-corrected chi connectivity index (χ0v) is 45.8. The highest BCUT2D eigenvalue weighted by atomic mass is 16.7. The van der Waals surface area contributed by atoms with Crippen LogP contribution in [0.4, 0.5) is 0 Å². The highest BCUT2D eigenvalue weighted by Gasteiger charge is 2.44. The number of aliphatic hydroxyl groups excluding tert-OH is 5. The second-order valence-corrected chi connectivity index (χ2v) is 21.1. The van der Waals surface area contributed by atoms with Crippen LogP contribution in [-0.4, -0.2) is 87.5 Å². The third-order valence-electron chi connectivity index (χ3n) is 14.5. The van der Waals surface area contributed by atoms with Crippen LogP contribution in [0.25, 0.3) is 0 Å². The Morgan fingerprint density at radius 2 is 0.843 bits per heavy atom. The Labute approximate surface area is 431 Å². The minimum absolute atomic E-state index is 0.188. The standard InChI is InChI=1S/C61H115NO8/c1-3-5-7-9-11-13-15-17-19-21-22-23-24-25-26-27-28-29-30-31-32-33-34-35-36-38-40-42-44-46-48-50-55(64)54(53-69-61-60(68)59(67)58(66)56(52-63)70-61)62-57(65)51-49-47-45-43-41-39-37-20-18-16-14-12-10-8-6-4-2/h14,16,20,37,48,50,54-56,58-61,63-64,66-68H,3-13,15,17-19,21-36,38-47,49,51-53H2,1-2H3,(H,62,65)/b16-14-,37-20-,50-48+. The van der Waals surface area contributed by atoms with Crippen molar-refractivity contribution in [3.05, 3.63) is 36.5 Å². The van der Waals surface area contributed by atoms with Gasteiger partial charge in [0.05, 0.1) is 25.4 Å². The maximum Gasteiger partial charge on any atom is 0.220 e. The average Bonchev–Trinajstić information content (AvgIpc) is 3.36. The van der Waals surface area contributed by atoms with Gasteiger partial charge < -0.3 is 40.3 Å². The van der Waals surface area contributed by atoms with Crippen molar-refractivity contribution in [2.75, 3.05) is 13.2 Å². The van der Waals surface area contributed by atoms with E-state index in [0.29, 0.717) is 6.42 Å². The molecule has 1 heterocycles. The third kappa shape index (κ3) is 39.9. The van der Waals surface area contributed by atoms with E-state index in [9.17, 15) is 30.3 Å². The maximum atomic E-state index is 13.0. The van der Waals surface area contributed by atoms with Gasteiger partial charge in [-0.2, -0.15) is 0 Å². The van der Waals surface area contributed by atoms with E-state index in [0.717, 1.165) is 64.2 Å². The van der Waals surface area contributed by atoms with Crippen molar-refractivity contribution in [1.82, 2.24) is 5.32 Å². The first-order chi connectivity index (χ1) is 34.3. The second kappa shape index (κ2) is 50.9. The molecule has 70 heavy (non-hydrogen) atoms. The topological polar surface area (TPSA) is 149 Å². The van der Waals surface area contributed by atoms with Gasteiger partial charge in [0.25, 0.3) is 0 Å². The summed E-state index contributed by atoms with van der Waals surface area (Å²) in [5.74, 6) is -0.188. The molecule has 1 saturated heterocycles. The van der Waals surface area contributed by atoms with Crippen LogP contribution >= 0.6 is 0 Å². The van der Waals surface area contributed by atoms with Crippen molar-refractivity contribution in [3.63, 3.8) is 0 Å². The van der Waals surface area contributed by atoms with Gasteiger partial charge in [-0.15, -0.1) is 0 Å². The zero-order chi connectivity index (χ0) is 50.8. The summed E-state index contributed by atoms with van der Waals surface area (Å²) in [5.41, 5.74) is 0. The number of carbonyl (C=O) groups is 1. The molecule has 1 aliphatic heterocycles. The quantitative estimate of drug-likeness (QED) is 0.0261. The Bertz CT molecular complexity index is 1190. The lowest BCUT2D eigenvalue weighted by atomic mass is 9.99. The van der Waals surface area contributed by atoms with Crippen molar-refractivity contribution in [3.8, 4) is 0 Å². The number of ether oxygens (including phenoxy) is 2. The summed E-state index contributed by atoms with van der Waals surface area (Å²) >= 11 is 0. The lowest BCUT2D eigenvalue weighted by Gasteiger charge is -2.40. The highest BCUT2D eigenvalue weighted by Crippen LogP contribution is 2.23. The molecule has 7 atom stereocenters. The molecule has 1 rings (SSSR count). The molecule has 1 fully saturated rings. The fourth-order valence-corrected chi connectivity index (χ4v) is 9.66. The average molecular weight is 991 g/mol. The number of unbranched alkanes of at least 4 members (excludes halogenated alkanes) is 38. The molecule has 1 amide bonds. The van der Waals surface area contributed by atoms with Crippen LogP contribution < -0.4 is 5.32 Å². The fraction of sp³-hybridized carbons (Fsp3) is 0.885. The Morgan fingerprint density at radius 3 is 1.24 bits per heavy atom. The zero-order valence-electron chi connectivity index (χ0n) is 45.8. The van der Waals surface area contributed by atoms with Gasteiger partial charge >= 0.3 is 0 Å². The van der Waals surface area contributed by atoms with Crippen LogP contribution in [0, 0.1) is 0 Å². The van der Waals surface area contributed by atoms with E-state index >= 15 is 0 Å². The van der Waals surface area contributed by atoms with E-state index in [-0.39, 0.29) is 12.5 Å². The van der Waals surface area contributed by atoms with Crippen molar-refractivity contribution in [2.45, 2.75) is 333 Å². The van der Waals surface area contributed by atoms with E-state index < -0.39 is 49.5 Å². The molecular formula is C61H115NO8. The number of hydrogen-bond donors (Lipinski definition) is 6. The van der Waals surface area contributed by atoms with Crippen molar-refractivity contribution in [2.24, 2.45) is 0 Å². The molecule has 0 radical (unpaired) electrons. The van der Waals surface area contributed by atoms with Gasteiger partial charge in [0.15, 0.2) is 6.29 Å². The van der Waals surface area contributed by atoms with Crippen molar-refractivity contribution < 1.29 is 39.8 Å². The maximum absolute atomic E-state index is 13.0. The van der Waals surface area contributed by atoms with Crippen molar-refractivity contribution >= 4 is 5.91 Å². The highest BCUT2D eigenvalue weighted by molar-refractivity contribution is 5.76. The molecule has 0 aromatic rings. The number of allylic oxidation sites excluding steroid dienone is 5. The molecule has 0 bridgehead atoms. The molecule has 6 N–H and O–H groups in total. The summed E-state index contributed by atoms with van der Waals surface area (Å²) in [7, 11) is 0. The van der Waals surface area contributed by atoms with Gasteiger partial charge in [-0.05, 0) is 51.4 Å². The normalized spacial score (nSPS) is 19.6. The SMILES string of the molecule is CCCCCC/C=C\C/C=C\CCCCCCCC(=O)NC(COC1OC(CO)C(O)C(O)C1O)C(O)/C=C/CCCCCCCCCCCCCCCCCCCCCCCCCCCCCCC. The molecule has 9 heteroatoms. The summed E-state index contributed by atoms with van der Waals surface area (Å²) < 4.78 is 11.3. The fourth-order valence-electron chi connectivity index (χ4n) is 9.66. The minimum atomic E-state index is -1.57. The number of rotatable bonds is 52. The van der Waals surface area contributed by atoms with Gasteiger partial charge in [0.1, 0.15) is 24.4 Å². The van der Waals surface area contributed by atoms with Gasteiger partial charge in [0, 0.05) is 6.42 Å². The third-order valence-corrected chi connectivity index (χ3v) is 14.5. The monoisotopic (exact) mass is 990 g/mol. The largest absolute Gasteiger partial charge is 0.394 e. The predicted molar refractivity (Wildman–Crippen MR) is 295 cm³/mol. The first-order valence-corrected chi connectivity index (χ1v) is 30.2. The lowest BCUT2D eigenvalue weighted by Crippen LogP contribution is -2.60. The van der Waals surface area contributed by atoms with E-state index in [2.05, 4.69) is 43.5 Å². The van der Waals surface area contributed by atoms with Gasteiger partial charge in [-0.3, -0.25) is 4.79 Å². The molecule has 0 aromatic heterocycles. The molecule has 0 saturated carbocycles. The first kappa shape index (κ1) is 66.4. The van der Waals surface area contributed by atoms with Crippen LogP contribution in [0.5, 0.6) is 0 Å². The number of aliphatic hydroxyl groups is 5. The number of nitrogens with one attached hydrogen (secondary N) is 1. The summed E-state index contributed by atoms with van der Waals surface area (Å²) in [6.45, 7) is 3.78. The summed E-state index contributed by atoms with van der Waals surface area (Å²) in [4.78, 5) is 13.0. The molecule has 7 unspecified atom stereocenters. The number of carbonyl (C=O) groups excluding carboxylic acids is 1. The smallest absolute Gasteiger partial charge is 0.220 e. The number of hydrogen-bond acceptors (Lipinski definition) is 8. The summed E-state index contributed by atoms with van der Waals surface area (Å²) in [6, 6.07) is -0.813. The van der Waals surface area contributed by atoms with E-state index in [1.54, 1.807) is 6.08 Å². The van der Waals surface area contributed by atoms with Gasteiger partial charge in [-0.25, -0.2) is 0 Å². The first-order valence-electron chi connectivity index (χ1n) is 30.2. The van der Waals surface area contributed by atoms with Crippen LogP contribution in [0.1, 0.15) is 290 Å². The van der Waals surface area contributed by atoms with Crippen LogP contribution in [0.15, 0.2) is 36.5 Å². The van der Waals surface area contributed by atoms with Gasteiger partial charge in [-0.1, -0.05) is 269 Å².